The number of nitrogens with one attached hydrogen (secondary N) is 1. The number of nitrogens with two attached hydrogens (primary N) is 1. The first-order valence-corrected chi connectivity index (χ1v) is 8.12. The number of amides is 3. The normalized spacial score (nSPS) is 10.0. The van der Waals surface area contributed by atoms with Gasteiger partial charge in [0.05, 0.1) is 17.9 Å². The molecule has 0 saturated heterocycles. The van der Waals surface area contributed by atoms with Crippen LogP contribution in [0.15, 0.2) is 48.5 Å². The van der Waals surface area contributed by atoms with E-state index in [1.165, 1.54) is 43.3 Å². The van der Waals surface area contributed by atoms with Crippen LogP contribution < -0.4 is 16.0 Å². The highest BCUT2D eigenvalue weighted by molar-refractivity contribution is 6.48. The number of nitrogen functional groups attached to an aromatic ring is 1. The molecule has 0 heterocycles. The third-order valence-electron chi connectivity index (χ3n) is 3.49. The number of hydrogen-bond donors (Lipinski definition) is 2. The number of ether oxygens (including phenoxy) is 1. The molecule has 0 radical (unpaired) electrons. The second kappa shape index (κ2) is 8.61. The van der Waals surface area contributed by atoms with Crippen molar-refractivity contribution in [3.05, 3.63) is 54.1 Å². The molecule has 140 valence electrons. The monoisotopic (exact) mass is 369 g/mol. The molecule has 0 spiro atoms. The van der Waals surface area contributed by atoms with Crippen LogP contribution in [-0.2, 0) is 19.1 Å². The first kappa shape index (κ1) is 19.6. The molecule has 3 amide bonds. The molecule has 3 N–H and O–H groups in total. The second-order valence-corrected chi connectivity index (χ2v) is 5.51. The molecule has 8 nitrogen and oxygen atoms in total. The van der Waals surface area contributed by atoms with Crippen LogP contribution in [0.25, 0.3) is 0 Å². The van der Waals surface area contributed by atoms with E-state index in [0.717, 1.165) is 4.90 Å². The Morgan fingerprint density at radius 3 is 2.30 bits per heavy atom. The molecule has 0 atom stereocenters. The van der Waals surface area contributed by atoms with Crippen LogP contribution in [-0.4, -0.2) is 30.3 Å². The van der Waals surface area contributed by atoms with E-state index in [4.69, 9.17) is 10.5 Å². The highest BCUT2D eigenvalue weighted by Crippen LogP contribution is 2.19. The van der Waals surface area contributed by atoms with Gasteiger partial charge in [-0.25, -0.2) is 9.69 Å². The van der Waals surface area contributed by atoms with Crippen LogP contribution in [0.1, 0.15) is 24.2 Å². The quantitative estimate of drug-likeness (QED) is 0.483. The number of carbonyl (C=O) groups is 4. The van der Waals surface area contributed by atoms with E-state index in [0.29, 0.717) is 11.3 Å². The molecule has 0 aliphatic rings. The molecule has 0 bridgehead atoms. The van der Waals surface area contributed by atoms with Crippen LogP contribution >= 0.6 is 0 Å². The van der Waals surface area contributed by atoms with Crippen LogP contribution in [0.2, 0.25) is 0 Å². The summed E-state index contributed by atoms with van der Waals surface area (Å²) in [6.07, 6.45) is 0. The number of benzene rings is 2. The predicted molar refractivity (Wildman–Crippen MR) is 100 cm³/mol. The average molecular weight is 369 g/mol. The molecular formula is C19H19N3O5. The number of rotatable bonds is 4. The zero-order valence-corrected chi connectivity index (χ0v) is 14.9. The number of nitrogens with zero attached hydrogens (tertiary/aromatic N) is 1. The fraction of sp³-hybridized carbons (Fsp3) is 0.158. The number of esters is 1. The average Bonchev–Trinajstić information content (AvgIpc) is 2.62. The number of carbonyl (C=O) groups excluding carboxylic acids is 4. The maximum Gasteiger partial charge on any atom is 0.338 e. The zero-order valence-electron chi connectivity index (χ0n) is 14.9. The molecule has 2 rings (SSSR count). The first-order chi connectivity index (χ1) is 12.8. The van der Waals surface area contributed by atoms with Gasteiger partial charge in [-0.05, 0) is 49.4 Å². The molecule has 2 aromatic rings. The lowest BCUT2D eigenvalue weighted by atomic mass is 10.2. The zero-order chi connectivity index (χ0) is 20.0. The lowest BCUT2D eigenvalue weighted by Gasteiger charge is -2.19. The molecule has 0 unspecified atom stereocenters. The Kier molecular flexibility index (Phi) is 6.27. The first-order valence-electron chi connectivity index (χ1n) is 8.12. The van der Waals surface area contributed by atoms with E-state index in [-0.39, 0.29) is 18.0 Å². The summed E-state index contributed by atoms with van der Waals surface area (Å²) in [6, 6.07) is 11.9. The lowest BCUT2D eigenvalue weighted by molar-refractivity contribution is -0.136. The van der Waals surface area contributed by atoms with E-state index in [1.807, 2.05) is 0 Å². The minimum Gasteiger partial charge on any atom is -0.462 e. The van der Waals surface area contributed by atoms with Crippen molar-refractivity contribution in [3.8, 4) is 0 Å². The van der Waals surface area contributed by atoms with E-state index in [2.05, 4.69) is 5.32 Å². The maximum atomic E-state index is 12.4. The summed E-state index contributed by atoms with van der Waals surface area (Å²) in [5, 5.41) is 2.39. The Hall–Kier alpha value is -3.68. The Bertz CT molecular complexity index is 877. The molecule has 27 heavy (non-hydrogen) atoms. The van der Waals surface area contributed by atoms with Gasteiger partial charge in [-0.3, -0.25) is 14.4 Å². The van der Waals surface area contributed by atoms with Crippen molar-refractivity contribution in [2.45, 2.75) is 13.8 Å². The Morgan fingerprint density at radius 2 is 1.74 bits per heavy atom. The summed E-state index contributed by atoms with van der Waals surface area (Å²) < 4.78 is 4.87. The molecule has 0 aliphatic heterocycles. The van der Waals surface area contributed by atoms with E-state index < -0.39 is 23.7 Å². The third-order valence-corrected chi connectivity index (χ3v) is 3.49. The fourth-order valence-electron chi connectivity index (χ4n) is 2.30. The molecule has 0 aromatic heterocycles. The molecular weight excluding hydrogens is 350 g/mol. The Morgan fingerprint density at radius 1 is 1.07 bits per heavy atom. The van der Waals surface area contributed by atoms with Crippen molar-refractivity contribution in [1.82, 2.24) is 0 Å². The molecule has 0 fully saturated rings. The highest BCUT2D eigenvalue weighted by Gasteiger charge is 2.27. The summed E-state index contributed by atoms with van der Waals surface area (Å²) >= 11 is 0. The molecule has 0 saturated carbocycles. The minimum atomic E-state index is -1.05. The minimum absolute atomic E-state index is 0.195. The van der Waals surface area contributed by atoms with Crippen molar-refractivity contribution < 1.29 is 23.9 Å². The van der Waals surface area contributed by atoms with Gasteiger partial charge in [-0.1, -0.05) is 6.07 Å². The van der Waals surface area contributed by atoms with Gasteiger partial charge < -0.3 is 15.8 Å². The van der Waals surface area contributed by atoms with Crippen LogP contribution in [0.3, 0.4) is 0 Å². The largest absolute Gasteiger partial charge is 0.462 e. The maximum absolute atomic E-state index is 12.4. The van der Waals surface area contributed by atoms with E-state index in [9.17, 15) is 19.2 Å². The van der Waals surface area contributed by atoms with Gasteiger partial charge in [0.25, 0.3) is 0 Å². The van der Waals surface area contributed by atoms with Gasteiger partial charge in [-0.15, -0.1) is 0 Å². The Labute approximate surface area is 155 Å². The SMILES string of the molecule is CCOC(=O)c1ccc(NC(=O)C(=O)N(C(C)=O)c2cccc(N)c2)cc1. The fourth-order valence-corrected chi connectivity index (χ4v) is 2.30. The van der Waals surface area contributed by atoms with Gasteiger partial charge in [0, 0.05) is 18.3 Å². The van der Waals surface area contributed by atoms with Crippen molar-refractivity contribution in [2.24, 2.45) is 0 Å². The van der Waals surface area contributed by atoms with Crippen molar-refractivity contribution in [3.63, 3.8) is 0 Å². The topological polar surface area (TPSA) is 119 Å². The van der Waals surface area contributed by atoms with Crippen LogP contribution in [0.4, 0.5) is 17.1 Å². The number of anilines is 3. The number of hydrogen-bond acceptors (Lipinski definition) is 6. The van der Waals surface area contributed by atoms with Gasteiger partial charge in [0.1, 0.15) is 0 Å². The lowest BCUT2D eigenvalue weighted by Crippen LogP contribution is -2.42. The summed E-state index contributed by atoms with van der Waals surface area (Å²) in [4.78, 5) is 48.9. The van der Waals surface area contributed by atoms with Gasteiger partial charge in [0.2, 0.25) is 5.91 Å². The summed E-state index contributed by atoms with van der Waals surface area (Å²) in [5.41, 5.74) is 6.81. The molecule has 2 aromatic carbocycles. The van der Waals surface area contributed by atoms with Crippen LogP contribution in [0, 0.1) is 0 Å². The van der Waals surface area contributed by atoms with Crippen molar-refractivity contribution in [1.29, 1.82) is 0 Å². The predicted octanol–water partition coefficient (Wildman–Crippen LogP) is 1.96. The van der Waals surface area contributed by atoms with Gasteiger partial charge in [0.15, 0.2) is 0 Å². The third kappa shape index (κ3) is 4.91. The van der Waals surface area contributed by atoms with Gasteiger partial charge in [-0.2, -0.15) is 0 Å². The molecule has 0 aliphatic carbocycles. The second-order valence-electron chi connectivity index (χ2n) is 5.51. The van der Waals surface area contributed by atoms with Crippen LogP contribution in [0.5, 0.6) is 0 Å². The van der Waals surface area contributed by atoms with Crippen molar-refractivity contribution >= 4 is 40.8 Å². The smallest absolute Gasteiger partial charge is 0.338 e. The van der Waals surface area contributed by atoms with E-state index in [1.54, 1.807) is 19.1 Å². The Balaban J connectivity index is 2.15. The molecule has 8 heteroatoms. The summed E-state index contributed by atoms with van der Waals surface area (Å²) in [5.74, 6) is -3.17. The van der Waals surface area contributed by atoms with Gasteiger partial charge >= 0.3 is 17.8 Å². The van der Waals surface area contributed by atoms with Crippen molar-refractivity contribution in [2.75, 3.05) is 22.6 Å². The highest BCUT2D eigenvalue weighted by atomic mass is 16.5. The summed E-state index contributed by atoms with van der Waals surface area (Å²) in [6.45, 7) is 3.11. The summed E-state index contributed by atoms with van der Waals surface area (Å²) in [7, 11) is 0. The van der Waals surface area contributed by atoms with E-state index >= 15 is 0 Å². The number of imide groups is 1. The standard InChI is InChI=1S/C19H19N3O5/c1-3-27-19(26)13-7-9-15(10-8-13)21-17(24)18(25)22(12(2)23)16-6-4-5-14(20)11-16/h4-11H,3,20H2,1-2H3,(H,21,24).